The van der Waals surface area contributed by atoms with E-state index in [1.165, 1.54) is 31.4 Å². The highest BCUT2D eigenvalue weighted by molar-refractivity contribution is 5.61. The predicted octanol–water partition coefficient (Wildman–Crippen LogP) is 3.97. The maximum Gasteiger partial charge on any atom is 0.292 e. The molecule has 19 heavy (non-hydrogen) atoms. The zero-order chi connectivity index (χ0) is 13.8. The third-order valence-corrected chi connectivity index (χ3v) is 4.00. The van der Waals surface area contributed by atoms with Crippen LogP contribution in [0.4, 0.5) is 15.8 Å². The molecular formula is C14H19FN2O2. The number of nitro groups is 1. The van der Waals surface area contributed by atoms with Crippen molar-refractivity contribution in [3.05, 3.63) is 34.1 Å². The van der Waals surface area contributed by atoms with Gasteiger partial charge in [0.15, 0.2) is 0 Å². The molecule has 1 fully saturated rings. The van der Waals surface area contributed by atoms with Gasteiger partial charge in [-0.15, -0.1) is 0 Å². The quantitative estimate of drug-likeness (QED) is 0.662. The number of rotatable bonds is 4. The summed E-state index contributed by atoms with van der Waals surface area (Å²) in [5, 5.41) is 13.9. The number of nitrogens with zero attached hydrogens (tertiary/aromatic N) is 1. The van der Waals surface area contributed by atoms with Gasteiger partial charge in [-0.05, 0) is 24.3 Å². The SMILES string of the molecule is CC1CCCCC1CNc1cc(F)ccc1[N+](=O)[O-]. The van der Waals surface area contributed by atoms with Gasteiger partial charge in [0.1, 0.15) is 11.5 Å². The van der Waals surface area contributed by atoms with Crippen LogP contribution >= 0.6 is 0 Å². The molecule has 0 aliphatic heterocycles. The van der Waals surface area contributed by atoms with E-state index in [1.807, 2.05) is 0 Å². The van der Waals surface area contributed by atoms with Crippen LogP contribution in [0.3, 0.4) is 0 Å². The van der Waals surface area contributed by atoms with E-state index < -0.39 is 10.7 Å². The normalized spacial score (nSPS) is 23.1. The molecule has 5 heteroatoms. The van der Waals surface area contributed by atoms with Gasteiger partial charge in [0, 0.05) is 18.7 Å². The smallest absolute Gasteiger partial charge is 0.292 e. The lowest BCUT2D eigenvalue weighted by atomic mass is 9.80. The summed E-state index contributed by atoms with van der Waals surface area (Å²) in [7, 11) is 0. The van der Waals surface area contributed by atoms with Crippen LogP contribution in [-0.2, 0) is 0 Å². The fourth-order valence-corrected chi connectivity index (χ4v) is 2.75. The van der Waals surface area contributed by atoms with Crippen LogP contribution in [0.5, 0.6) is 0 Å². The fourth-order valence-electron chi connectivity index (χ4n) is 2.75. The van der Waals surface area contributed by atoms with Gasteiger partial charge in [0.2, 0.25) is 0 Å². The van der Waals surface area contributed by atoms with Gasteiger partial charge in [-0.2, -0.15) is 0 Å². The summed E-state index contributed by atoms with van der Waals surface area (Å²) in [6.07, 6.45) is 4.81. The van der Waals surface area contributed by atoms with Crippen molar-refractivity contribution in [2.24, 2.45) is 11.8 Å². The van der Waals surface area contributed by atoms with Gasteiger partial charge in [-0.25, -0.2) is 4.39 Å². The zero-order valence-electron chi connectivity index (χ0n) is 11.1. The number of nitro benzene ring substituents is 1. The Morgan fingerprint density at radius 2 is 2.16 bits per heavy atom. The third-order valence-electron chi connectivity index (χ3n) is 4.00. The van der Waals surface area contributed by atoms with Gasteiger partial charge in [-0.3, -0.25) is 10.1 Å². The topological polar surface area (TPSA) is 55.2 Å². The van der Waals surface area contributed by atoms with Crippen LogP contribution in [-0.4, -0.2) is 11.5 Å². The molecule has 2 unspecified atom stereocenters. The first-order valence-electron chi connectivity index (χ1n) is 6.75. The maximum atomic E-state index is 13.2. The first kappa shape index (κ1) is 13.8. The average molecular weight is 266 g/mol. The highest BCUT2D eigenvalue weighted by Gasteiger charge is 2.22. The monoisotopic (exact) mass is 266 g/mol. The van der Waals surface area contributed by atoms with Crippen LogP contribution in [0.1, 0.15) is 32.6 Å². The van der Waals surface area contributed by atoms with Crippen LogP contribution in [0.2, 0.25) is 0 Å². The molecule has 4 nitrogen and oxygen atoms in total. The van der Waals surface area contributed by atoms with Gasteiger partial charge in [0.25, 0.3) is 5.69 Å². The second-order valence-corrected chi connectivity index (χ2v) is 5.32. The summed E-state index contributed by atoms with van der Waals surface area (Å²) < 4.78 is 13.2. The predicted molar refractivity (Wildman–Crippen MR) is 72.7 cm³/mol. The van der Waals surface area contributed by atoms with E-state index >= 15 is 0 Å². The Labute approximate surface area is 112 Å². The highest BCUT2D eigenvalue weighted by Crippen LogP contribution is 2.31. The Bertz CT molecular complexity index is 465. The summed E-state index contributed by atoms with van der Waals surface area (Å²) in [6.45, 7) is 2.89. The van der Waals surface area contributed by atoms with E-state index in [1.54, 1.807) is 0 Å². The Morgan fingerprint density at radius 3 is 2.84 bits per heavy atom. The average Bonchev–Trinajstić information content (AvgIpc) is 2.37. The number of anilines is 1. The summed E-state index contributed by atoms with van der Waals surface area (Å²) >= 11 is 0. The molecule has 1 saturated carbocycles. The minimum absolute atomic E-state index is 0.0649. The van der Waals surface area contributed by atoms with Crippen LogP contribution in [0, 0.1) is 27.8 Å². The number of halogens is 1. The second kappa shape index (κ2) is 5.99. The Balaban J connectivity index is 2.05. The summed E-state index contributed by atoms with van der Waals surface area (Å²) in [6, 6.07) is 3.53. The summed E-state index contributed by atoms with van der Waals surface area (Å²) in [4.78, 5) is 10.4. The molecular weight excluding hydrogens is 247 g/mol. The Kier molecular flexibility index (Phi) is 4.35. The summed E-state index contributed by atoms with van der Waals surface area (Å²) in [5.41, 5.74) is 0.215. The van der Waals surface area contributed by atoms with Crippen molar-refractivity contribution < 1.29 is 9.31 Å². The van der Waals surface area contributed by atoms with Gasteiger partial charge in [-0.1, -0.05) is 26.2 Å². The molecule has 0 spiro atoms. The molecule has 0 heterocycles. The van der Waals surface area contributed by atoms with E-state index in [2.05, 4.69) is 12.2 Å². The van der Waals surface area contributed by atoms with E-state index in [0.29, 0.717) is 18.4 Å². The molecule has 0 aromatic heterocycles. The fraction of sp³-hybridized carbons (Fsp3) is 0.571. The van der Waals surface area contributed by atoms with E-state index in [0.717, 1.165) is 12.5 Å². The maximum absolute atomic E-state index is 13.2. The highest BCUT2D eigenvalue weighted by atomic mass is 19.1. The van der Waals surface area contributed by atoms with Crippen LogP contribution in [0.15, 0.2) is 18.2 Å². The Morgan fingerprint density at radius 1 is 1.42 bits per heavy atom. The van der Waals surface area contributed by atoms with Crippen molar-refractivity contribution >= 4 is 11.4 Å². The Hall–Kier alpha value is -1.65. The van der Waals surface area contributed by atoms with Gasteiger partial charge in [0.05, 0.1) is 4.92 Å². The lowest BCUT2D eigenvalue weighted by molar-refractivity contribution is -0.384. The van der Waals surface area contributed by atoms with E-state index in [9.17, 15) is 14.5 Å². The third kappa shape index (κ3) is 3.43. The van der Waals surface area contributed by atoms with Crippen molar-refractivity contribution in [3.63, 3.8) is 0 Å². The first-order valence-corrected chi connectivity index (χ1v) is 6.75. The molecule has 1 aliphatic rings. The zero-order valence-corrected chi connectivity index (χ0v) is 11.1. The molecule has 0 amide bonds. The number of hydrogen-bond donors (Lipinski definition) is 1. The minimum Gasteiger partial charge on any atom is -0.379 e. The lowest BCUT2D eigenvalue weighted by Gasteiger charge is -2.29. The molecule has 104 valence electrons. The molecule has 1 aromatic rings. The van der Waals surface area contributed by atoms with E-state index in [-0.39, 0.29) is 11.4 Å². The summed E-state index contributed by atoms with van der Waals surface area (Å²) in [5.74, 6) is 0.676. The second-order valence-electron chi connectivity index (χ2n) is 5.32. The molecule has 1 aliphatic carbocycles. The van der Waals surface area contributed by atoms with Crippen molar-refractivity contribution in [1.29, 1.82) is 0 Å². The van der Waals surface area contributed by atoms with Crippen LogP contribution in [0.25, 0.3) is 0 Å². The minimum atomic E-state index is -0.480. The lowest BCUT2D eigenvalue weighted by Crippen LogP contribution is -2.24. The van der Waals surface area contributed by atoms with E-state index in [4.69, 9.17) is 0 Å². The van der Waals surface area contributed by atoms with Crippen molar-refractivity contribution in [2.75, 3.05) is 11.9 Å². The molecule has 0 bridgehead atoms. The van der Waals surface area contributed by atoms with Crippen molar-refractivity contribution in [3.8, 4) is 0 Å². The number of hydrogen-bond acceptors (Lipinski definition) is 3. The number of benzene rings is 1. The molecule has 2 atom stereocenters. The number of nitrogens with one attached hydrogen (secondary N) is 1. The van der Waals surface area contributed by atoms with Crippen LogP contribution < -0.4 is 5.32 Å². The first-order chi connectivity index (χ1) is 9.08. The standard InChI is InChI=1S/C14H19FN2O2/c1-10-4-2-3-5-11(10)9-16-13-8-12(15)6-7-14(13)17(18)19/h6-8,10-11,16H,2-5,9H2,1H3. The molecule has 0 saturated heterocycles. The molecule has 1 N–H and O–H groups in total. The largest absolute Gasteiger partial charge is 0.379 e. The van der Waals surface area contributed by atoms with Crippen molar-refractivity contribution in [2.45, 2.75) is 32.6 Å². The van der Waals surface area contributed by atoms with Gasteiger partial charge >= 0.3 is 0 Å². The van der Waals surface area contributed by atoms with Gasteiger partial charge < -0.3 is 5.32 Å². The molecule has 0 radical (unpaired) electrons. The van der Waals surface area contributed by atoms with Crippen molar-refractivity contribution in [1.82, 2.24) is 0 Å². The molecule has 1 aromatic carbocycles. The molecule has 2 rings (SSSR count).